The van der Waals surface area contributed by atoms with Crippen molar-refractivity contribution in [3.05, 3.63) is 65.7 Å². The fourth-order valence-corrected chi connectivity index (χ4v) is 3.12. The van der Waals surface area contributed by atoms with Crippen LogP contribution in [-0.2, 0) is 16.1 Å². The Labute approximate surface area is 188 Å². The molecule has 164 valence electrons. The topological polar surface area (TPSA) is 84.0 Å². The molecule has 3 rings (SSSR count). The minimum Gasteiger partial charge on any atom is -0.269 e. The number of aromatic nitrogens is 4. The number of anilines is 1. The van der Waals surface area contributed by atoms with Gasteiger partial charge in [-0.15, -0.1) is 16.1 Å². The number of unbranched alkanes of at least 4 members (excludes halogenated alkanes) is 3. The number of tetrazole rings is 1. The summed E-state index contributed by atoms with van der Waals surface area (Å²) in [5.41, 5.74) is 3.23. The van der Waals surface area contributed by atoms with E-state index in [4.69, 9.17) is 4.84 Å². The van der Waals surface area contributed by atoms with Crippen molar-refractivity contribution in [3.63, 3.8) is 0 Å². The van der Waals surface area contributed by atoms with Gasteiger partial charge in [-0.05, 0) is 41.0 Å². The summed E-state index contributed by atoms with van der Waals surface area (Å²) in [6, 6.07) is 15.2. The Bertz CT molecular complexity index is 1080. The first kappa shape index (κ1) is 22.9. The molecule has 3 aromatic rings. The van der Waals surface area contributed by atoms with Crippen LogP contribution in [0.5, 0.6) is 0 Å². The lowest BCUT2D eigenvalue weighted by atomic mass is 10.1. The Morgan fingerprint density at radius 2 is 1.94 bits per heavy atom. The van der Waals surface area contributed by atoms with E-state index in [9.17, 15) is 4.79 Å². The Balaban J connectivity index is 1.64. The number of hydrogen-bond donors (Lipinski definition) is 1. The molecule has 1 heterocycles. The second kappa shape index (κ2) is 12.2. The van der Waals surface area contributed by atoms with Crippen LogP contribution >= 0.6 is 0 Å². The third kappa shape index (κ3) is 6.37. The molecular weight excluding hydrogens is 402 g/mol. The first-order valence-corrected chi connectivity index (χ1v) is 10.7. The molecule has 7 nitrogen and oxygen atoms in total. The van der Waals surface area contributed by atoms with Crippen LogP contribution < -0.4 is 5.06 Å². The van der Waals surface area contributed by atoms with Crippen LogP contribution in [0.1, 0.15) is 43.7 Å². The summed E-state index contributed by atoms with van der Waals surface area (Å²) < 4.78 is 0. The number of carbonyl (C=O) groups excluding carboxylic acids is 1. The van der Waals surface area contributed by atoms with E-state index in [1.54, 1.807) is 18.2 Å². The lowest BCUT2D eigenvalue weighted by molar-refractivity contribution is -0.120. The lowest BCUT2D eigenvalue weighted by Crippen LogP contribution is -2.28. The quantitative estimate of drug-likeness (QED) is 0.233. The fourth-order valence-electron chi connectivity index (χ4n) is 3.12. The van der Waals surface area contributed by atoms with E-state index in [-0.39, 0.29) is 5.91 Å². The van der Waals surface area contributed by atoms with Gasteiger partial charge in [0.1, 0.15) is 0 Å². The largest absolute Gasteiger partial charge is 0.274 e. The molecule has 0 aliphatic rings. The van der Waals surface area contributed by atoms with Crippen LogP contribution in [0.2, 0.25) is 0 Å². The Morgan fingerprint density at radius 3 is 2.66 bits per heavy atom. The van der Waals surface area contributed by atoms with E-state index in [0.717, 1.165) is 24.0 Å². The average molecular weight is 430 g/mol. The first-order chi connectivity index (χ1) is 15.7. The number of H-pyrrole nitrogens is 1. The van der Waals surface area contributed by atoms with Crippen molar-refractivity contribution in [2.75, 3.05) is 12.2 Å². The molecule has 0 saturated carbocycles. The maximum absolute atomic E-state index is 12.8. The van der Waals surface area contributed by atoms with E-state index in [0.29, 0.717) is 17.1 Å². The highest BCUT2D eigenvalue weighted by Gasteiger charge is 2.19. The van der Waals surface area contributed by atoms with Gasteiger partial charge in [0, 0.05) is 24.5 Å². The highest BCUT2D eigenvalue weighted by molar-refractivity contribution is 6.04. The SMILES string of the molecule is CCCCCC#CCc1ccc(C=CC(=O)N(OC)c2ccccc2-c2nn[nH]n2)cc1. The summed E-state index contributed by atoms with van der Waals surface area (Å²) in [7, 11) is 1.44. The number of para-hydroxylation sites is 1. The fraction of sp³-hybridized carbons (Fsp3) is 0.280. The molecule has 0 aliphatic carbocycles. The maximum Gasteiger partial charge on any atom is 0.274 e. The van der Waals surface area contributed by atoms with Gasteiger partial charge in [-0.1, -0.05) is 62.1 Å². The van der Waals surface area contributed by atoms with Gasteiger partial charge in [0.25, 0.3) is 5.91 Å². The minimum atomic E-state index is -0.328. The number of hydrogen-bond acceptors (Lipinski definition) is 5. The van der Waals surface area contributed by atoms with Crippen LogP contribution in [0.3, 0.4) is 0 Å². The molecule has 0 unspecified atom stereocenters. The molecule has 0 radical (unpaired) electrons. The number of nitrogens with one attached hydrogen (secondary N) is 1. The number of nitrogens with zero attached hydrogens (tertiary/aromatic N) is 4. The summed E-state index contributed by atoms with van der Waals surface area (Å²) >= 11 is 0. The third-order valence-corrected chi connectivity index (χ3v) is 4.81. The van der Waals surface area contributed by atoms with Gasteiger partial charge in [-0.2, -0.15) is 10.3 Å². The summed E-state index contributed by atoms with van der Waals surface area (Å²) in [5.74, 6) is 6.51. The van der Waals surface area contributed by atoms with Gasteiger partial charge in [0.05, 0.1) is 12.8 Å². The number of benzene rings is 2. The lowest BCUT2D eigenvalue weighted by Gasteiger charge is -2.20. The summed E-state index contributed by atoms with van der Waals surface area (Å²) in [5, 5.41) is 15.2. The normalized spacial score (nSPS) is 10.7. The van der Waals surface area contributed by atoms with Crippen LogP contribution in [0.15, 0.2) is 54.6 Å². The van der Waals surface area contributed by atoms with Crippen molar-refractivity contribution in [2.45, 2.75) is 39.0 Å². The van der Waals surface area contributed by atoms with E-state index >= 15 is 0 Å². The molecule has 0 aliphatic heterocycles. The minimum absolute atomic E-state index is 0.328. The molecule has 2 aromatic carbocycles. The molecule has 1 amide bonds. The molecule has 1 N–H and O–H groups in total. The Kier molecular flexibility index (Phi) is 8.72. The Hall–Kier alpha value is -3.76. The van der Waals surface area contributed by atoms with E-state index in [1.807, 2.05) is 36.4 Å². The highest BCUT2D eigenvalue weighted by Crippen LogP contribution is 2.28. The van der Waals surface area contributed by atoms with E-state index < -0.39 is 0 Å². The van der Waals surface area contributed by atoms with Crippen LogP contribution in [0, 0.1) is 11.8 Å². The van der Waals surface area contributed by atoms with Gasteiger partial charge in [-0.3, -0.25) is 9.63 Å². The molecular formula is C25H27N5O2. The molecule has 0 bridgehead atoms. The van der Waals surface area contributed by atoms with Gasteiger partial charge in [-0.25, -0.2) is 0 Å². The van der Waals surface area contributed by atoms with Crippen molar-refractivity contribution >= 4 is 17.7 Å². The van der Waals surface area contributed by atoms with Crippen LogP contribution in [0.25, 0.3) is 17.5 Å². The van der Waals surface area contributed by atoms with Crippen molar-refractivity contribution in [1.29, 1.82) is 0 Å². The molecule has 32 heavy (non-hydrogen) atoms. The maximum atomic E-state index is 12.8. The number of carbonyl (C=O) groups is 1. The zero-order chi connectivity index (χ0) is 22.6. The highest BCUT2D eigenvalue weighted by atomic mass is 16.7. The predicted molar refractivity (Wildman–Crippen MR) is 125 cm³/mol. The zero-order valence-corrected chi connectivity index (χ0v) is 18.4. The van der Waals surface area contributed by atoms with Crippen molar-refractivity contribution in [1.82, 2.24) is 20.6 Å². The molecule has 7 heteroatoms. The first-order valence-electron chi connectivity index (χ1n) is 10.7. The molecule has 0 atom stereocenters. The summed E-state index contributed by atoms with van der Waals surface area (Å²) in [4.78, 5) is 18.2. The third-order valence-electron chi connectivity index (χ3n) is 4.81. The standard InChI is InChI=1S/C25H27N5O2/c1-3-4-5-6-7-8-11-20-14-16-21(17-15-20)18-19-24(31)30(32-2)23-13-10-9-12-22(23)25-26-28-29-27-25/h9-10,12-19H,3-6,11H2,1-2H3,(H,26,27,28,29). The van der Waals surface area contributed by atoms with Crippen molar-refractivity contribution in [2.24, 2.45) is 0 Å². The Morgan fingerprint density at radius 1 is 1.12 bits per heavy atom. The monoisotopic (exact) mass is 429 g/mol. The molecule has 1 aromatic heterocycles. The van der Waals surface area contributed by atoms with Gasteiger partial charge in [0.2, 0.25) is 5.82 Å². The number of amides is 1. The predicted octanol–water partition coefficient (Wildman–Crippen LogP) is 4.60. The second-order valence-corrected chi connectivity index (χ2v) is 7.13. The molecule has 0 fully saturated rings. The number of aromatic amines is 1. The molecule has 0 saturated heterocycles. The second-order valence-electron chi connectivity index (χ2n) is 7.13. The van der Waals surface area contributed by atoms with Gasteiger partial charge < -0.3 is 0 Å². The van der Waals surface area contributed by atoms with E-state index in [2.05, 4.69) is 39.4 Å². The van der Waals surface area contributed by atoms with Crippen molar-refractivity contribution in [3.8, 4) is 23.2 Å². The zero-order valence-electron chi connectivity index (χ0n) is 18.4. The molecule has 0 spiro atoms. The van der Waals surface area contributed by atoms with Gasteiger partial charge in [0.15, 0.2) is 0 Å². The summed E-state index contributed by atoms with van der Waals surface area (Å²) in [6.45, 7) is 2.19. The van der Waals surface area contributed by atoms with Gasteiger partial charge >= 0.3 is 0 Å². The van der Waals surface area contributed by atoms with Crippen LogP contribution in [-0.4, -0.2) is 33.6 Å². The number of hydroxylamine groups is 1. The van der Waals surface area contributed by atoms with E-state index in [1.165, 1.54) is 37.5 Å². The van der Waals surface area contributed by atoms with Crippen molar-refractivity contribution < 1.29 is 9.63 Å². The summed E-state index contributed by atoms with van der Waals surface area (Å²) in [6.07, 6.45) is 8.54. The smallest absolute Gasteiger partial charge is 0.269 e. The number of rotatable bonds is 9. The van der Waals surface area contributed by atoms with Crippen LogP contribution in [0.4, 0.5) is 5.69 Å². The average Bonchev–Trinajstić information content (AvgIpc) is 3.36.